The molecule has 0 fully saturated rings. The molecule has 0 unspecified atom stereocenters. The molecule has 0 amide bonds. The van der Waals surface area contributed by atoms with Crippen molar-refractivity contribution in [2.75, 3.05) is 0 Å². The molecule has 5 heteroatoms. The van der Waals surface area contributed by atoms with Crippen molar-refractivity contribution in [3.05, 3.63) is 35.4 Å². The summed E-state index contributed by atoms with van der Waals surface area (Å²) < 4.78 is 0. The van der Waals surface area contributed by atoms with Gasteiger partial charge < -0.3 is 25.5 Å². The predicted octanol–water partition coefficient (Wildman–Crippen LogP) is 3.20. The highest BCUT2D eigenvalue weighted by molar-refractivity contribution is 5.80. The lowest BCUT2D eigenvalue weighted by Gasteiger charge is -2.14. The van der Waals surface area contributed by atoms with Crippen molar-refractivity contribution in [1.29, 1.82) is 0 Å². The van der Waals surface area contributed by atoms with E-state index in [2.05, 4.69) is 0 Å². The lowest BCUT2D eigenvalue weighted by atomic mass is 9.95. The van der Waals surface area contributed by atoms with E-state index in [9.17, 15) is 25.5 Å². The molecule has 0 saturated carbocycles. The van der Waals surface area contributed by atoms with Gasteiger partial charge in [0, 0.05) is 11.1 Å². The fourth-order valence-electron chi connectivity index (χ4n) is 3.23. The van der Waals surface area contributed by atoms with Crippen LogP contribution in [0.3, 0.4) is 0 Å². The second-order valence-electron chi connectivity index (χ2n) is 6.42. The van der Waals surface area contributed by atoms with Gasteiger partial charge in [0.1, 0.15) is 5.75 Å². The first kappa shape index (κ1) is 16.5. The Kier molecular flexibility index (Phi) is 4.53. The highest BCUT2D eigenvalue weighted by atomic mass is 16.3. The summed E-state index contributed by atoms with van der Waals surface area (Å²) in [7, 11) is 0. The minimum absolute atomic E-state index is 0.0134. The summed E-state index contributed by atoms with van der Waals surface area (Å²) in [6.07, 6.45) is 3.65. The third-order valence-corrected chi connectivity index (χ3v) is 4.68. The number of fused-ring (bicyclic) bond motifs is 5. The highest BCUT2D eigenvalue weighted by Gasteiger charge is 2.20. The minimum atomic E-state index is -0.567. The van der Waals surface area contributed by atoms with Crippen LogP contribution in [-0.2, 0) is 12.8 Å². The van der Waals surface area contributed by atoms with Gasteiger partial charge in [0.2, 0.25) is 5.75 Å². The first-order valence-corrected chi connectivity index (χ1v) is 8.24. The Morgan fingerprint density at radius 2 is 1.54 bits per heavy atom. The summed E-state index contributed by atoms with van der Waals surface area (Å²) in [5.41, 5.74) is 2.13. The van der Waals surface area contributed by atoms with Crippen molar-refractivity contribution in [1.82, 2.24) is 0 Å². The van der Waals surface area contributed by atoms with Gasteiger partial charge in [0.15, 0.2) is 11.5 Å². The Morgan fingerprint density at radius 3 is 2.33 bits per heavy atom. The molecule has 1 aliphatic carbocycles. The number of aliphatic hydroxyl groups is 1. The predicted molar refractivity (Wildman–Crippen MR) is 90.4 cm³/mol. The van der Waals surface area contributed by atoms with Crippen molar-refractivity contribution in [3.63, 3.8) is 0 Å². The molecule has 0 aromatic heterocycles. The maximum absolute atomic E-state index is 10.2. The molecule has 0 heterocycles. The number of aryl methyl sites for hydroxylation is 2. The van der Waals surface area contributed by atoms with Crippen molar-refractivity contribution in [3.8, 4) is 34.1 Å². The van der Waals surface area contributed by atoms with Gasteiger partial charge in [-0.3, -0.25) is 0 Å². The Labute approximate surface area is 140 Å². The average Bonchev–Trinajstić information content (AvgIpc) is 2.58. The number of hydrogen-bond acceptors (Lipinski definition) is 5. The number of aliphatic hydroxyl groups excluding tert-OH is 1. The summed E-state index contributed by atoms with van der Waals surface area (Å²) in [5.74, 6) is -1.36. The summed E-state index contributed by atoms with van der Waals surface area (Å²) in [4.78, 5) is 0. The molecule has 0 radical (unpaired) electrons. The Hall–Kier alpha value is -2.40. The molecule has 0 spiro atoms. The second-order valence-corrected chi connectivity index (χ2v) is 6.42. The van der Waals surface area contributed by atoms with Gasteiger partial charge in [0.05, 0.1) is 6.10 Å². The number of rotatable bonds is 0. The molecule has 1 atom stereocenters. The zero-order valence-electron chi connectivity index (χ0n) is 13.4. The first-order chi connectivity index (χ1) is 11.5. The van der Waals surface area contributed by atoms with Crippen LogP contribution >= 0.6 is 0 Å². The van der Waals surface area contributed by atoms with Crippen molar-refractivity contribution in [2.24, 2.45) is 0 Å². The van der Waals surface area contributed by atoms with Crippen LogP contribution in [0.4, 0.5) is 0 Å². The monoisotopic (exact) mass is 330 g/mol. The molecule has 24 heavy (non-hydrogen) atoms. The van der Waals surface area contributed by atoms with Gasteiger partial charge >= 0.3 is 0 Å². The van der Waals surface area contributed by atoms with Crippen molar-refractivity contribution < 1.29 is 25.5 Å². The maximum atomic E-state index is 10.2. The number of phenols is 4. The van der Waals surface area contributed by atoms with Gasteiger partial charge in [-0.1, -0.05) is 12.5 Å². The van der Waals surface area contributed by atoms with E-state index in [1.807, 2.05) is 0 Å². The number of aromatic hydroxyl groups is 4. The van der Waals surface area contributed by atoms with E-state index in [-0.39, 0.29) is 17.6 Å². The molecule has 4 bridgehead atoms. The Morgan fingerprint density at radius 1 is 0.750 bits per heavy atom. The van der Waals surface area contributed by atoms with E-state index in [1.54, 1.807) is 24.3 Å². The topological polar surface area (TPSA) is 101 Å². The molecule has 3 rings (SSSR count). The molecule has 0 aliphatic heterocycles. The fraction of sp³-hybridized carbons (Fsp3) is 0.368. The van der Waals surface area contributed by atoms with Crippen LogP contribution in [0.15, 0.2) is 24.3 Å². The fourth-order valence-corrected chi connectivity index (χ4v) is 3.23. The zero-order chi connectivity index (χ0) is 17.3. The lowest BCUT2D eigenvalue weighted by Crippen LogP contribution is -2.08. The van der Waals surface area contributed by atoms with E-state index in [1.165, 1.54) is 0 Å². The molecular weight excluding hydrogens is 308 g/mol. The van der Waals surface area contributed by atoms with Gasteiger partial charge in [-0.15, -0.1) is 0 Å². The van der Waals surface area contributed by atoms with Gasteiger partial charge in [-0.2, -0.15) is 0 Å². The van der Waals surface area contributed by atoms with E-state index < -0.39 is 11.5 Å². The van der Waals surface area contributed by atoms with Crippen LogP contribution in [0.2, 0.25) is 0 Å². The SMILES string of the molecule is Oc1ccc2cc1-c1cc(c(O)c(O)c1O)CCCC[C@H](O)CC2. The Balaban J connectivity index is 2.16. The van der Waals surface area contributed by atoms with E-state index in [0.29, 0.717) is 42.4 Å². The number of hydrogen-bond donors (Lipinski definition) is 5. The summed E-state index contributed by atoms with van der Waals surface area (Å²) >= 11 is 0. The van der Waals surface area contributed by atoms with Crippen LogP contribution in [0.1, 0.15) is 36.8 Å². The standard InChI is InChI=1S/C19H22O5/c20-13-4-2-1-3-12-10-15(18(23)19(24)17(12)22)14-9-11(5-7-13)6-8-16(14)21/h6,8-10,13,20-24H,1-5,7H2/t13-/m0/s1. The molecule has 5 nitrogen and oxygen atoms in total. The lowest BCUT2D eigenvalue weighted by molar-refractivity contribution is 0.151. The maximum Gasteiger partial charge on any atom is 0.201 e. The van der Waals surface area contributed by atoms with E-state index in [0.717, 1.165) is 18.4 Å². The van der Waals surface area contributed by atoms with Gasteiger partial charge in [-0.25, -0.2) is 0 Å². The van der Waals surface area contributed by atoms with Crippen LogP contribution in [0, 0.1) is 0 Å². The summed E-state index contributed by atoms with van der Waals surface area (Å²) in [6, 6.07) is 6.68. The molecule has 5 N–H and O–H groups in total. The van der Waals surface area contributed by atoms with Gasteiger partial charge in [0.25, 0.3) is 0 Å². The average molecular weight is 330 g/mol. The second kappa shape index (κ2) is 6.61. The normalized spacial score (nSPS) is 18.3. The largest absolute Gasteiger partial charge is 0.507 e. The van der Waals surface area contributed by atoms with E-state index in [4.69, 9.17) is 0 Å². The first-order valence-electron chi connectivity index (χ1n) is 8.24. The van der Waals surface area contributed by atoms with E-state index >= 15 is 0 Å². The number of benzene rings is 2. The quantitative estimate of drug-likeness (QED) is 0.478. The van der Waals surface area contributed by atoms with Crippen LogP contribution in [0.25, 0.3) is 11.1 Å². The molecule has 1 aliphatic rings. The van der Waals surface area contributed by atoms with Gasteiger partial charge in [-0.05, 0) is 61.4 Å². The van der Waals surface area contributed by atoms with Crippen LogP contribution in [0.5, 0.6) is 23.0 Å². The van der Waals surface area contributed by atoms with Crippen molar-refractivity contribution >= 4 is 0 Å². The molecular formula is C19H22O5. The molecule has 2 aromatic rings. The Bertz CT molecular complexity index is 754. The van der Waals surface area contributed by atoms with Crippen LogP contribution in [-0.4, -0.2) is 31.6 Å². The molecule has 0 saturated heterocycles. The number of phenolic OH excluding ortho intramolecular Hbond substituents is 4. The molecule has 128 valence electrons. The highest BCUT2D eigenvalue weighted by Crippen LogP contribution is 2.47. The minimum Gasteiger partial charge on any atom is -0.507 e. The zero-order valence-corrected chi connectivity index (χ0v) is 13.4. The summed E-state index contributed by atoms with van der Waals surface area (Å²) in [5, 5.41) is 50.6. The third-order valence-electron chi connectivity index (χ3n) is 4.68. The third kappa shape index (κ3) is 3.12. The summed E-state index contributed by atoms with van der Waals surface area (Å²) in [6.45, 7) is 0. The smallest absolute Gasteiger partial charge is 0.201 e. The van der Waals surface area contributed by atoms with Crippen molar-refractivity contribution in [2.45, 2.75) is 44.6 Å². The molecule has 2 aromatic carbocycles. The van der Waals surface area contributed by atoms with Crippen LogP contribution < -0.4 is 0 Å².